The highest BCUT2D eigenvalue weighted by molar-refractivity contribution is 7.89. The maximum absolute atomic E-state index is 13.9. The number of aryl methyl sites for hydroxylation is 2. The molecule has 2 aromatic heterocycles. The summed E-state index contributed by atoms with van der Waals surface area (Å²) < 4.78 is 29.2. The van der Waals surface area contributed by atoms with E-state index in [1.807, 2.05) is 36.4 Å². The van der Waals surface area contributed by atoms with Gasteiger partial charge in [-0.1, -0.05) is 29.8 Å². The standard InChI is InChI=1S/C23H22ClN7O2S/c1-15-18(24)5-4-6-23(15)34(32,33)31(13-16-7-9-19-21(11-16)27-29(2)25-19)14-17-8-10-20-22(12-17)28-30(3)26-20/h4-12H,13-14H2,1-3H3. The number of hydrogen-bond donors (Lipinski definition) is 0. The third-order valence-corrected chi connectivity index (χ3v) is 7.99. The summed E-state index contributed by atoms with van der Waals surface area (Å²) in [5.41, 5.74) is 5.03. The first-order valence-corrected chi connectivity index (χ1v) is 12.4. The first kappa shape index (κ1) is 22.5. The van der Waals surface area contributed by atoms with Crippen LogP contribution in [0.15, 0.2) is 59.5 Å². The SMILES string of the molecule is Cc1c(Cl)cccc1S(=O)(=O)N(Cc1ccc2nn(C)nc2c1)Cc1ccc2nn(C)nc2c1. The van der Waals surface area contributed by atoms with Crippen LogP contribution in [-0.4, -0.2) is 42.7 Å². The first-order valence-electron chi connectivity index (χ1n) is 10.6. The molecule has 9 nitrogen and oxygen atoms in total. The number of halogens is 1. The summed E-state index contributed by atoms with van der Waals surface area (Å²) in [5, 5.41) is 17.7. The van der Waals surface area contributed by atoms with E-state index in [4.69, 9.17) is 11.6 Å². The Morgan fingerprint density at radius 2 is 1.29 bits per heavy atom. The van der Waals surface area contributed by atoms with E-state index < -0.39 is 10.0 Å². The second-order valence-corrected chi connectivity index (χ2v) is 10.5. The van der Waals surface area contributed by atoms with Crippen LogP contribution in [0.25, 0.3) is 22.1 Å². The predicted octanol–water partition coefficient (Wildman–Crippen LogP) is 3.60. The Morgan fingerprint density at radius 3 is 1.82 bits per heavy atom. The van der Waals surface area contributed by atoms with Crippen LogP contribution >= 0.6 is 11.6 Å². The maximum atomic E-state index is 13.9. The van der Waals surface area contributed by atoms with Crippen molar-refractivity contribution in [1.82, 2.24) is 34.3 Å². The third-order valence-electron chi connectivity index (χ3n) is 5.64. The van der Waals surface area contributed by atoms with Crippen molar-refractivity contribution >= 4 is 43.7 Å². The highest BCUT2D eigenvalue weighted by Crippen LogP contribution is 2.28. The molecule has 0 N–H and O–H groups in total. The predicted molar refractivity (Wildman–Crippen MR) is 130 cm³/mol. The van der Waals surface area contributed by atoms with Crippen molar-refractivity contribution in [2.24, 2.45) is 14.1 Å². The second-order valence-electron chi connectivity index (χ2n) is 8.16. The fourth-order valence-electron chi connectivity index (χ4n) is 3.97. The van der Waals surface area contributed by atoms with Gasteiger partial charge < -0.3 is 0 Å². The minimum absolute atomic E-state index is 0.152. The zero-order valence-corrected chi connectivity index (χ0v) is 20.4. The van der Waals surface area contributed by atoms with Crippen LogP contribution in [-0.2, 0) is 37.2 Å². The quantitative estimate of drug-likeness (QED) is 0.357. The molecule has 5 aromatic rings. The molecule has 0 saturated carbocycles. The van der Waals surface area contributed by atoms with E-state index in [1.54, 1.807) is 39.2 Å². The summed E-state index contributed by atoms with van der Waals surface area (Å²) in [6.45, 7) is 2.02. The third kappa shape index (κ3) is 4.15. The van der Waals surface area contributed by atoms with E-state index in [2.05, 4.69) is 20.4 Å². The van der Waals surface area contributed by atoms with E-state index in [0.717, 1.165) is 22.2 Å². The van der Waals surface area contributed by atoms with E-state index in [1.165, 1.54) is 13.9 Å². The van der Waals surface area contributed by atoms with Crippen LogP contribution in [0.1, 0.15) is 16.7 Å². The summed E-state index contributed by atoms with van der Waals surface area (Å²) in [6.07, 6.45) is 0. The van der Waals surface area contributed by atoms with E-state index in [0.29, 0.717) is 21.6 Å². The summed E-state index contributed by atoms with van der Waals surface area (Å²) >= 11 is 6.26. The van der Waals surface area contributed by atoms with Gasteiger partial charge in [0, 0.05) is 32.2 Å². The monoisotopic (exact) mass is 495 g/mol. The Bertz CT molecular complexity index is 1560. The van der Waals surface area contributed by atoms with Crippen molar-refractivity contribution in [2.45, 2.75) is 24.9 Å². The van der Waals surface area contributed by atoms with Crippen molar-refractivity contribution < 1.29 is 8.42 Å². The molecular weight excluding hydrogens is 474 g/mol. The molecule has 0 unspecified atom stereocenters. The van der Waals surface area contributed by atoms with Crippen molar-refractivity contribution in [2.75, 3.05) is 0 Å². The smallest absolute Gasteiger partial charge is 0.207 e. The fraction of sp³-hybridized carbons (Fsp3) is 0.217. The molecule has 0 spiro atoms. The molecule has 5 rings (SSSR count). The summed E-state index contributed by atoms with van der Waals surface area (Å²) in [5.74, 6) is 0. The van der Waals surface area contributed by atoms with Crippen LogP contribution in [0, 0.1) is 6.92 Å². The second kappa shape index (κ2) is 8.46. The molecule has 34 heavy (non-hydrogen) atoms. The molecule has 2 heterocycles. The number of nitrogens with zero attached hydrogens (tertiary/aromatic N) is 7. The number of fused-ring (bicyclic) bond motifs is 2. The van der Waals surface area contributed by atoms with Crippen molar-refractivity contribution in [1.29, 1.82) is 0 Å². The molecule has 0 saturated heterocycles. The molecule has 0 atom stereocenters. The lowest BCUT2D eigenvalue weighted by atomic mass is 10.1. The van der Waals surface area contributed by atoms with Crippen molar-refractivity contribution in [3.05, 3.63) is 76.3 Å². The summed E-state index contributed by atoms with van der Waals surface area (Å²) in [7, 11) is -0.378. The summed E-state index contributed by atoms with van der Waals surface area (Å²) in [6, 6.07) is 16.1. The molecule has 0 aliphatic carbocycles. The van der Waals surface area contributed by atoms with Gasteiger partial charge in [-0.25, -0.2) is 8.42 Å². The maximum Gasteiger partial charge on any atom is 0.243 e. The van der Waals surface area contributed by atoms with Gasteiger partial charge in [0.2, 0.25) is 10.0 Å². The topological polar surface area (TPSA) is 98.8 Å². The number of hydrogen-bond acceptors (Lipinski definition) is 6. The lowest BCUT2D eigenvalue weighted by Gasteiger charge is -2.24. The zero-order chi connectivity index (χ0) is 24.0. The van der Waals surface area contributed by atoms with E-state index in [9.17, 15) is 8.42 Å². The van der Waals surface area contributed by atoms with Gasteiger partial charge in [0.1, 0.15) is 22.1 Å². The molecule has 0 aliphatic rings. The molecule has 0 amide bonds. The number of aromatic nitrogens is 6. The first-order chi connectivity index (χ1) is 16.2. The van der Waals surface area contributed by atoms with Crippen LogP contribution in [0.5, 0.6) is 0 Å². The highest BCUT2D eigenvalue weighted by atomic mass is 35.5. The van der Waals surface area contributed by atoms with Gasteiger partial charge in [0.25, 0.3) is 0 Å². The molecule has 3 aromatic carbocycles. The van der Waals surface area contributed by atoms with E-state index >= 15 is 0 Å². The Morgan fingerprint density at radius 1 is 0.794 bits per heavy atom. The van der Waals surface area contributed by atoms with E-state index in [-0.39, 0.29) is 18.0 Å². The van der Waals surface area contributed by atoms with Crippen LogP contribution in [0.2, 0.25) is 5.02 Å². The molecule has 0 fully saturated rings. The van der Waals surface area contributed by atoms with Crippen molar-refractivity contribution in [3.8, 4) is 0 Å². The number of sulfonamides is 1. The van der Waals surface area contributed by atoms with Crippen molar-refractivity contribution in [3.63, 3.8) is 0 Å². The lowest BCUT2D eigenvalue weighted by molar-refractivity contribution is 0.401. The Labute approximate surface area is 201 Å². The molecular formula is C23H22ClN7O2S. The van der Waals surface area contributed by atoms with Gasteiger partial charge in [0.05, 0.1) is 4.90 Å². The average Bonchev–Trinajstić information content (AvgIpc) is 3.34. The minimum atomic E-state index is -3.88. The molecule has 0 bridgehead atoms. The van der Waals surface area contributed by atoms with Gasteiger partial charge in [-0.3, -0.25) is 0 Å². The van der Waals surface area contributed by atoms with Gasteiger partial charge >= 0.3 is 0 Å². The number of benzene rings is 3. The Hall–Kier alpha value is -3.34. The van der Waals surface area contributed by atoms with Gasteiger partial charge in [-0.2, -0.15) is 34.3 Å². The highest BCUT2D eigenvalue weighted by Gasteiger charge is 2.27. The van der Waals surface area contributed by atoms with Gasteiger partial charge in [-0.05, 0) is 60.0 Å². The molecule has 11 heteroatoms. The summed E-state index contributed by atoms with van der Waals surface area (Å²) in [4.78, 5) is 3.17. The van der Waals surface area contributed by atoms with Crippen LogP contribution in [0.4, 0.5) is 0 Å². The fourth-order valence-corrected chi connectivity index (χ4v) is 5.87. The Kier molecular flexibility index (Phi) is 5.59. The van der Waals surface area contributed by atoms with Gasteiger partial charge in [-0.15, -0.1) is 0 Å². The lowest BCUT2D eigenvalue weighted by Crippen LogP contribution is -2.30. The molecule has 0 aliphatic heterocycles. The molecule has 0 radical (unpaired) electrons. The minimum Gasteiger partial charge on any atom is -0.207 e. The van der Waals surface area contributed by atoms with Crippen LogP contribution < -0.4 is 0 Å². The van der Waals surface area contributed by atoms with Crippen LogP contribution in [0.3, 0.4) is 0 Å². The largest absolute Gasteiger partial charge is 0.243 e. The Balaban J connectivity index is 1.57. The molecule has 174 valence electrons. The zero-order valence-electron chi connectivity index (χ0n) is 18.8. The normalized spacial score (nSPS) is 12.3. The van der Waals surface area contributed by atoms with Gasteiger partial charge in [0.15, 0.2) is 0 Å². The average molecular weight is 496 g/mol. The number of rotatable bonds is 6.